The van der Waals surface area contributed by atoms with Crippen LogP contribution in [0.1, 0.15) is 34.0 Å². The van der Waals surface area contributed by atoms with E-state index in [2.05, 4.69) is 5.32 Å². The molecule has 0 aliphatic heterocycles. The fourth-order valence-electron chi connectivity index (χ4n) is 2.63. The van der Waals surface area contributed by atoms with Crippen LogP contribution in [-0.2, 0) is 4.79 Å². The zero-order valence-corrected chi connectivity index (χ0v) is 14.7. The van der Waals surface area contributed by atoms with Gasteiger partial charge in [-0.1, -0.05) is 29.8 Å². The zero-order chi connectivity index (χ0) is 17.7. The van der Waals surface area contributed by atoms with Crippen LogP contribution in [0.25, 0.3) is 0 Å². The number of nitrogens with one attached hydrogen (secondary N) is 1. The Morgan fingerprint density at radius 3 is 2.38 bits per heavy atom. The number of carbonyl (C=O) groups excluding carboxylic acids is 2. The second kappa shape index (κ2) is 7.77. The molecule has 0 saturated heterocycles. The molecule has 0 aliphatic carbocycles. The predicted molar refractivity (Wildman–Crippen MR) is 97.5 cm³/mol. The molecule has 2 rings (SSSR count). The monoisotopic (exact) mass is 324 g/mol. The molecule has 1 N–H and O–H groups in total. The van der Waals surface area contributed by atoms with Gasteiger partial charge in [-0.3, -0.25) is 9.59 Å². The van der Waals surface area contributed by atoms with Crippen molar-refractivity contribution in [1.82, 2.24) is 5.32 Å². The molecule has 4 heteroatoms. The quantitative estimate of drug-likeness (QED) is 0.916. The standard InChI is InChI=1S/C20H24N2O2/c1-14-6-5-7-18(12-14)20(24)21-10-11-22(17(4)23)19-13-15(2)8-9-16(19)3/h5-9,12-13H,10-11H2,1-4H3,(H,21,24). The third-order valence-electron chi connectivity index (χ3n) is 3.94. The van der Waals surface area contributed by atoms with Gasteiger partial charge in [-0.05, 0) is 50.1 Å². The van der Waals surface area contributed by atoms with Gasteiger partial charge < -0.3 is 10.2 Å². The molecule has 24 heavy (non-hydrogen) atoms. The Morgan fingerprint density at radius 2 is 1.71 bits per heavy atom. The lowest BCUT2D eigenvalue weighted by Gasteiger charge is -2.23. The highest BCUT2D eigenvalue weighted by atomic mass is 16.2. The van der Waals surface area contributed by atoms with Crippen LogP contribution in [0.5, 0.6) is 0 Å². The number of benzene rings is 2. The summed E-state index contributed by atoms with van der Waals surface area (Å²) in [5.41, 5.74) is 4.72. The van der Waals surface area contributed by atoms with Gasteiger partial charge in [0.25, 0.3) is 5.91 Å². The minimum absolute atomic E-state index is 0.0338. The molecule has 0 heterocycles. The van der Waals surface area contributed by atoms with Gasteiger partial charge in [-0.2, -0.15) is 0 Å². The van der Waals surface area contributed by atoms with Gasteiger partial charge in [-0.25, -0.2) is 0 Å². The fourth-order valence-corrected chi connectivity index (χ4v) is 2.63. The highest BCUT2D eigenvalue weighted by molar-refractivity contribution is 5.95. The maximum atomic E-state index is 12.2. The summed E-state index contributed by atoms with van der Waals surface area (Å²) in [6, 6.07) is 13.5. The first kappa shape index (κ1) is 17.7. The molecule has 0 fully saturated rings. The number of amides is 2. The summed E-state index contributed by atoms with van der Waals surface area (Å²) in [4.78, 5) is 25.9. The van der Waals surface area contributed by atoms with E-state index in [1.54, 1.807) is 17.9 Å². The SMILES string of the molecule is CC(=O)N(CCNC(=O)c1cccc(C)c1)c1cc(C)ccc1C. The molecule has 0 spiro atoms. The summed E-state index contributed by atoms with van der Waals surface area (Å²) in [6.45, 7) is 8.33. The highest BCUT2D eigenvalue weighted by Crippen LogP contribution is 2.21. The van der Waals surface area contributed by atoms with Crippen LogP contribution in [0.2, 0.25) is 0 Å². The van der Waals surface area contributed by atoms with Gasteiger partial charge in [0.2, 0.25) is 5.91 Å². The molecule has 0 bridgehead atoms. The third-order valence-corrected chi connectivity index (χ3v) is 3.94. The van der Waals surface area contributed by atoms with Crippen molar-refractivity contribution in [3.8, 4) is 0 Å². The maximum Gasteiger partial charge on any atom is 0.251 e. The summed E-state index contributed by atoms with van der Waals surface area (Å²) in [6.07, 6.45) is 0. The number of aryl methyl sites for hydroxylation is 3. The van der Waals surface area contributed by atoms with E-state index in [1.807, 2.05) is 57.2 Å². The molecule has 2 amide bonds. The Balaban J connectivity index is 2.03. The van der Waals surface area contributed by atoms with Crippen LogP contribution in [0.15, 0.2) is 42.5 Å². The number of hydrogen-bond donors (Lipinski definition) is 1. The molecule has 0 aliphatic rings. The molecule has 4 nitrogen and oxygen atoms in total. The number of nitrogens with zero attached hydrogens (tertiary/aromatic N) is 1. The molecule has 0 aromatic heterocycles. The van der Waals surface area contributed by atoms with E-state index in [0.717, 1.165) is 22.4 Å². The van der Waals surface area contributed by atoms with Crippen LogP contribution in [0.4, 0.5) is 5.69 Å². The first-order chi connectivity index (χ1) is 11.4. The van der Waals surface area contributed by atoms with Gasteiger partial charge in [-0.15, -0.1) is 0 Å². The van der Waals surface area contributed by atoms with Crippen molar-refractivity contribution in [2.24, 2.45) is 0 Å². The van der Waals surface area contributed by atoms with Gasteiger partial charge in [0.15, 0.2) is 0 Å². The Kier molecular flexibility index (Phi) is 5.74. The average Bonchev–Trinajstić information content (AvgIpc) is 2.53. The molecule has 2 aromatic rings. The molecular formula is C20H24N2O2. The molecule has 0 radical (unpaired) electrons. The molecule has 126 valence electrons. The Labute approximate surface area is 143 Å². The van der Waals surface area contributed by atoms with Crippen LogP contribution in [0.3, 0.4) is 0 Å². The van der Waals surface area contributed by atoms with E-state index in [0.29, 0.717) is 18.7 Å². The van der Waals surface area contributed by atoms with E-state index in [4.69, 9.17) is 0 Å². The van der Waals surface area contributed by atoms with E-state index in [1.165, 1.54) is 0 Å². The maximum absolute atomic E-state index is 12.2. The van der Waals surface area contributed by atoms with Crippen molar-refractivity contribution < 1.29 is 9.59 Å². The van der Waals surface area contributed by atoms with E-state index in [9.17, 15) is 9.59 Å². The summed E-state index contributed by atoms with van der Waals surface area (Å²) >= 11 is 0. The summed E-state index contributed by atoms with van der Waals surface area (Å²) < 4.78 is 0. The van der Waals surface area contributed by atoms with E-state index < -0.39 is 0 Å². The average molecular weight is 324 g/mol. The lowest BCUT2D eigenvalue weighted by molar-refractivity contribution is -0.116. The van der Waals surface area contributed by atoms with Crippen molar-refractivity contribution in [2.75, 3.05) is 18.0 Å². The first-order valence-corrected chi connectivity index (χ1v) is 8.08. The third kappa shape index (κ3) is 4.44. The van der Waals surface area contributed by atoms with Crippen LogP contribution in [-0.4, -0.2) is 24.9 Å². The second-order valence-electron chi connectivity index (χ2n) is 6.09. The van der Waals surface area contributed by atoms with Gasteiger partial charge in [0.1, 0.15) is 0 Å². The van der Waals surface area contributed by atoms with Gasteiger partial charge >= 0.3 is 0 Å². The van der Waals surface area contributed by atoms with Crippen molar-refractivity contribution in [1.29, 1.82) is 0 Å². The van der Waals surface area contributed by atoms with E-state index >= 15 is 0 Å². The van der Waals surface area contributed by atoms with E-state index in [-0.39, 0.29) is 11.8 Å². The lowest BCUT2D eigenvalue weighted by atomic mass is 10.1. The van der Waals surface area contributed by atoms with Crippen molar-refractivity contribution in [2.45, 2.75) is 27.7 Å². The zero-order valence-electron chi connectivity index (χ0n) is 14.7. The van der Waals surface area contributed by atoms with Crippen molar-refractivity contribution in [3.05, 3.63) is 64.7 Å². The summed E-state index contributed by atoms with van der Waals surface area (Å²) in [5, 5.41) is 2.88. The van der Waals surface area contributed by atoms with Crippen LogP contribution in [0, 0.1) is 20.8 Å². The Bertz CT molecular complexity index is 753. The number of anilines is 1. The van der Waals surface area contributed by atoms with Gasteiger partial charge in [0.05, 0.1) is 0 Å². The highest BCUT2D eigenvalue weighted by Gasteiger charge is 2.14. The van der Waals surface area contributed by atoms with Gasteiger partial charge in [0, 0.05) is 31.3 Å². The van der Waals surface area contributed by atoms with Crippen molar-refractivity contribution >= 4 is 17.5 Å². The number of rotatable bonds is 5. The Hall–Kier alpha value is -2.62. The molecule has 0 atom stereocenters. The lowest BCUT2D eigenvalue weighted by Crippen LogP contribution is -2.38. The van der Waals surface area contributed by atoms with Crippen LogP contribution >= 0.6 is 0 Å². The summed E-state index contributed by atoms with van der Waals surface area (Å²) in [7, 11) is 0. The Morgan fingerprint density at radius 1 is 1.00 bits per heavy atom. The molecular weight excluding hydrogens is 300 g/mol. The summed E-state index contributed by atoms with van der Waals surface area (Å²) in [5.74, 6) is -0.156. The largest absolute Gasteiger partial charge is 0.350 e. The molecule has 2 aromatic carbocycles. The normalized spacial score (nSPS) is 10.3. The minimum Gasteiger partial charge on any atom is -0.350 e. The van der Waals surface area contributed by atoms with Crippen LogP contribution < -0.4 is 10.2 Å². The molecule has 0 unspecified atom stereocenters. The topological polar surface area (TPSA) is 49.4 Å². The smallest absolute Gasteiger partial charge is 0.251 e. The number of carbonyl (C=O) groups is 2. The fraction of sp³-hybridized carbons (Fsp3) is 0.300. The second-order valence-corrected chi connectivity index (χ2v) is 6.09. The van der Waals surface area contributed by atoms with Crippen molar-refractivity contribution in [3.63, 3.8) is 0 Å². The molecule has 0 saturated carbocycles. The minimum atomic E-state index is -0.122. The number of hydrogen-bond acceptors (Lipinski definition) is 2. The first-order valence-electron chi connectivity index (χ1n) is 8.08. The predicted octanol–water partition coefficient (Wildman–Crippen LogP) is 3.39.